The van der Waals surface area contributed by atoms with Crippen LogP contribution in [0.25, 0.3) is 0 Å². The molecule has 0 aromatic rings. The van der Waals surface area contributed by atoms with Crippen LogP contribution in [0.1, 0.15) is 33.6 Å². The number of aliphatic imine (C=N–C) groups is 1. The molecule has 0 saturated carbocycles. The molecule has 14 heavy (non-hydrogen) atoms. The summed E-state index contributed by atoms with van der Waals surface area (Å²) in [5, 5.41) is 0. The van der Waals surface area contributed by atoms with E-state index in [0.29, 0.717) is 5.92 Å². The van der Waals surface area contributed by atoms with Gasteiger partial charge in [0.15, 0.2) is 0 Å². The molecular formula is C10H21N3O. The van der Waals surface area contributed by atoms with Crippen molar-refractivity contribution in [2.75, 3.05) is 13.2 Å². The topological polar surface area (TPSA) is 59.6 Å². The maximum atomic E-state index is 5.47. The molecule has 4 nitrogen and oxygen atoms in total. The third-order valence-corrected chi connectivity index (χ3v) is 2.15. The quantitative estimate of drug-likeness (QED) is 0.287. The van der Waals surface area contributed by atoms with Crippen LogP contribution >= 0.6 is 0 Å². The molecule has 1 aliphatic rings. The van der Waals surface area contributed by atoms with Gasteiger partial charge in [0.1, 0.15) is 5.84 Å². The van der Waals surface area contributed by atoms with E-state index in [1.165, 1.54) is 0 Å². The number of hydrazine groups is 1. The van der Waals surface area contributed by atoms with Crippen molar-refractivity contribution < 1.29 is 4.74 Å². The summed E-state index contributed by atoms with van der Waals surface area (Å²) in [7, 11) is 0. The van der Waals surface area contributed by atoms with Crippen LogP contribution in [0.2, 0.25) is 0 Å². The van der Waals surface area contributed by atoms with Crippen molar-refractivity contribution in [3.05, 3.63) is 0 Å². The van der Waals surface area contributed by atoms with E-state index in [0.717, 1.165) is 31.9 Å². The largest absolute Gasteiger partial charge is 0.381 e. The highest BCUT2D eigenvalue weighted by molar-refractivity contribution is 5.84. The van der Waals surface area contributed by atoms with E-state index in [1.807, 2.05) is 0 Å². The summed E-state index contributed by atoms with van der Waals surface area (Å²) in [4.78, 5) is 4.55. The fourth-order valence-corrected chi connectivity index (χ4v) is 1.56. The molecule has 0 aliphatic carbocycles. The van der Waals surface area contributed by atoms with Gasteiger partial charge in [-0.25, -0.2) is 5.84 Å². The first-order valence-corrected chi connectivity index (χ1v) is 5.17. The highest BCUT2D eigenvalue weighted by Gasteiger charge is 2.21. The van der Waals surface area contributed by atoms with Gasteiger partial charge in [0.25, 0.3) is 0 Å². The molecule has 4 heteroatoms. The molecule has 1 heterocycles. The molecule has 1 rings (SSSR count). The SMILES string of the molecule is CC(C)(C)N=C(NN)C1CCCOC1. The van der Waals surface area contributed by atoms with E-state index in [2.05, 4.69) is 31.2 Å². The Labute approximate surface area is 85.9 Å². The zero-order valence-electron chi connectivity index (χ0n) is 9.34. The van der Waals surface area contributed by atoms with Crippen molar-refractivity contribution in [3.63, 3.8) is 0 Å². The summed E-state index contributed by atoms with van der Waals surface area (Å²) in [5.74, 6) is 6.69. The molecule has 0 aromatic carbocycles. The van der Waals surface area contributed by atoms with Gasteiger partial charge in [0.05, 0.1) is 12.1 Å². The first kappa shape index (κ1) is 11.5. The zero-order valence-corrected chi connectivity index (χ0v) is 9.34. The standard InChI is InChI=1S/C10H21N3O/c1-10(2,3)12-9(13-11)8-5-4-6-14-7-8/h8H,4-7,11H2,1-3H3,(H,12,13). The number of nitrogens with zero attached hydrogens (tertiary/aromatic N) is 1. The summed E-state index contributed by atoms with van der Waals surface area (Å²) in [5.41, 5.74) is 2.61. The molecule has 0 spiro atoms. The van der Waals surface area contributed by atoms with Crippen molar-refractivity contribution in [2.24, 2.45) is 16.8 Å². The second-order valence-electron chi connectivity index (χ2n) is 4.73. The Morgan fingerprint density at radius 2 is 2.21 bits per heavy atom. The van der Waals surface area contributed by atoms with E-state index in [4.69, 9.17) is 10.6 Å². The highest BCUT2D eigenvalue weighted by Crippen LogP contribution is 2.17. The Morgan fingerprint density at radius 1 is 1.50 bits per heavy atom. The zero-order chi connectivity index (χ0) is 10.6. The Morgan fingerprint density at radius 3 is 2.64 bits per heavy atom. The summed E-state index contributed by atoms with van der Waals surface area (Å²) in [6.45, 7) is 7.79. The number of ether oxygens (including phenoxy) is 1. The van der Waals surface area contributed by atoms with E-state index >= 15 is 0 Å². The van der Waals surface area contributed by atoms with Gasteiger partial charge in [-0.05, 0) is 33.6 Å². The minimum atomic E-state index is -0.0842. The van der Waals surface area contributed by atoms with Gasteiger partial charge in [-0.3, -0.25) is 4.99 Å². The number of amidine groups is 1. The van der Waals surface area contributed by atoms with Gasteiger partial charge < -0.3 is 10.2 Å². The lowest BCUT2D eigenvalue weighted by Gasteiger charge is -2.25. The van der Waals surface area contributed by atoms with E-state index in [1.54, 1.807) is 0 Å². The fourth-order valence-electron chi connectivity index (χ4n) is 1.56. The first-order valence-electron chi connectivity index (χ1n) is 5.17. The van der Waals surface area contributed by atoms with Gasteiger partial charge in [0, 0.05) is 12.5 Å². The van der Waals surface area contributed by atoms with Crippen LogP contribution in [-0.4, -0.2) is 24.6 Å². The van der Waals surface area contributed by atoms with Gasteiger partial charge in [-0.15, -0.1) is 0 Å². The molecule has 0 aromatic heterocycles. The van der Waals surface area contributed by atoms with Crippen LogP contribution in [0.15, 0.2) is 4.99 Å². The van der Waals surface area contributed by atoms with Gasteiger partial charge in [-0.1, -0.05) is 0 Å². The molecule has 1 atom stereocenters. The summed E-state index contributed by atoms with van der Waals surface area (Å²) in [6, 6.07) is 0. The predicted octanol–water partition coefficient (Wildman–Crippen LogP) is 1.07. The van der Waals surface area contributed by atoms with Gasteiger partial charge >= 0.3 is 0 Å². The maximum Gasteiger partial charge on any atom is 0.116 e. The molecule has 1 fully saturated rings. The predicted molar refractivity (Wildman–Crippen MR) is 58.1 cm³/mol. The number of rotatable bonds is 1. The van der Waals surface area contributed by atoms with E-state index in [-0.39, 0.29) is 5.54 Å². The van der Waals surface area contributed by atoms with Crippen molar-refractivity contribution in [1.29, 1.82) is 0 Å². The van der Waals surface area contributed by atoms with Crippen molar-refractivity contribution >= 4 is 5.84 Å². The van der Waals surface area contributed by atoms with Crippen LogP contribution in [0.3, 0.4) is 0 Å². The first-order chi connectivity index (χ1) is 6.53. The van der Waals surface area contributed by atoms with Crippen LogP contribution in [0.5, 0.6) is 0 Å². The molecule has 1 unspecified atom stereocenters. The summed E-state index contributed by atoms with van der Waals surface area (Å²) >= 11 is 0. The van der Waals surface area contributed by atoms with E-state index in [9.17, 15) is 0 Å². The van der Waals surface area contributed by atoms with Gasteiger partial charge in [-0.2, -0.15) is 0 Å². The molecule has 0 amide bonds. The molecule has 1 aliphatic heterocycles. The molecular weight excluding hydrogens is 178 g/mol. The third-order valence-electron chi connectivity index (χ3n) is 2.15. The number of hydrogen-bond acceptors (Lipinski definition) is 3. The lowest BCUT2D eigenvalue weighted by molar-refractivity contribution is 0.0756. The van der Waals surface area contributed by atoms with Crippen molar-refractivity contribution in [3.8, 4) is 0 Å². The van der Waals surface area contributed by atoms with Crippen molar-refractivity contribution in [1.82, 2.24) is 5.43 Å². The molecule has 82 valence electrons. The van der Waals surface area contributed by atoms with E-state index < -0.39 is 0 Å². The second kappa shape index (κ2) is 4.75. The highest BCUT2D eigenvalue weighted by atomic mass is 16.5. The fraction of sp³-hybridized carbons (Fsp3) is 0.900. The monoisotopic (exact) mass is 199 g/mol. The van der Waals surface area contributed by atoms with Crippen molar-refractivity contribution in [2.45, 2.75) is 39.2 Å². The number of hydrogen-bond donors (Lipinski definition) is 2. The Bertz CT molecular complexity index is 202. The number of nitrogens with one attached hydrogen (secondary N) is 1. The van der Waals surface area contributed by atoms with Crippen LogP contribution in [0, 0.1) is 5.92 Å². The average molecular weight is 199 g/mol. The Balaban J connectivity index is 2.64. The minimum absolute atomic E-state index is 0.0842. The lowest BCUT2D eigenvalue weighted by Crippen LogP contribution is -2.41. The van der Waals surface area contributed by atoms with Crippen LogP contribution in [-0.2, 0) is 4.74 Å². The maximum absolute atomic E-state index is 5.47. The average Bonchev–Trinajstić information content (AvgIpc) is 2.14. The Hall–Kier alpha value is -0.610. The summed E-state index contributed by atoms with van der Waals surface area (Å²) < 4.78 is 5.40. The lowest BCUT2D eigenvalue weighted by atomic mass is 10.00. The third kappa shape index (κ3) is 3.64. The Kier molecular flexibility index (Phi) is 3.89. The number of nitrogens with two attached hydrogens (primary N) is 1. The van der Waals surface area contributed by atoms with Crippen LogP contribution < -0.4 is 11.3 Å². The molecule has 0 bridgehead atoms. The minimum Gasteiger partial charge on any atom is -0.381 e. The van der Waals surface area contributed by atoms with Crippen LogP contribution in [0.4, 0.5) is 0 Å². The van der Waals surface area contributed by atoms with Gasteiger partial charge in [0.2, 0.25) is 0 Å². The molecule has 1 saturated heterocycles. The molecule has 0 radical (unpaired) electrons. The molecule has 3 N–H and O–H groups in total. The normalized spacial score (nSPS) is 24.9. The smallest absolute Gasteiger partial charge is 0.116 e. The second-order valence-corrected chi connectivity index (χ2v) is 4.73. The summed E-state index contributed by atoms with van der Waals surface area (Å²) in [6.07, 6.45) is 2.20.